The maximum Gasteiger partial charge on any atom is 0.253 e. The fourth-order valence-electron chi connectivity index (χ4n) is 2.35. The summed E-state index contributed by atoms with van der Waals surface area (Å²) in [5.74, 6) is -0.370. The van der Waals surface area contributed by atoms with Crippen LogP contribution < -0.4 is 15.5 Å². The molecule has 0 aliphatic carbocycles. The first-order valence-electron chi connectivity index (χ1n) is 8.33. The van der Waals surface area contributed by atoms with Crippen LogP contribution in [-0.2, 0) is 11.3 Å². The quantitative estimate of drug-likeness (QED) is 0.849. The third-order valence-electron chi connectivity index (χ3n) is 3.81. The Bertz CT molecular complexity index is 740. The highest BCUT2D eigenvalue weighted by atomic mass is 16.2. The van der Waals surface area contributed by atoms with Crippen LogP contribution in [0.4, 0.5) is 11.4 Å². The minimum atomic E-state index is -0.173. The van der Waals surface area contributed by atoms with E-state index in [0.29, 0.717) is 17.8 Å². The molecule has 2 aromatic rings. The lowest BCUT2D eigenvalue weighted by molar-refractivity contribution is -0.118. The molecule has 0 heterocycles. The molecular weight excluding hydrogens is 314 g/mol. The van der Waals surface area contributed by atoms with Crippen LogP contribution in [-0.4, -0.2) is 25.9 Å². The van der Waals surface area contributed by atoms with E-state index in [0.717, 1.165) is 11.3 Å². The summed E-state index contributed by atoms with van der Waals surface area (Å²) in [4.78, 5) is 26.4. The highest BCUT2D eigenvalue weighted by Crippen LogP contribution is 2.23. The average Bonchev–Trinajstić information content (AvgIpc) is 2.60. The van der Waals surface area contributed by atoms with Crippen LogP contribution in [0.3, 0.4) is 0 Å². The van der Waals surface area contributed by atoms with E-state index >= 15 is 0 Å². The van der Waals surface area contributed by atoms with Gasteiger partial charge in [-0.15, -0.1) is 0 Å². The first kappa shape index (κ1) is 18.5. The summed E-state index contributed by atoms with van der Waals surface area (Å²) in [7, 11) is 3.77. The van der Waals surface area contributed by atoms with Crippen molar-refractivity contribution in [1.29, 1.82) is 0 Å². The zero-order chi connectivity index (χ0) is 18.4. The molecule has 0 atom stereocenters. The SMILES string of the molecule is CC(C)C(=O)Nc1ccc(N(C)C)c(C(=O)NCc2ccccc2)c1. The molecule has 0 aliphatic rings. The fourth-order valence-corrected chi connectivity index (χ4v) is 2.35. The summed E-state index contributed by atoms with van der Waals surface area (Å²) in [6, 6.07) is 15.1. The first-order chi connectivity index (χ1) is 11.9. The van der Waals surface area contributed by atoms with Gasteiger partial charge < -0.3 is 15.5 Å². The number of hydrogen-bond donors (Lipinski definition) is 2. The standard InChI is InChI=1S/C20H25N3O2/c1-14(2)19(24)22-16-10-11-18(23(3)4)17(12-16)20(25)21-13-15-8-6-5-7-9-15/h5-12,14H,13H2,1-4H3,(H,21,25)(H,22,24). The molecule has 0 saturated heterocycles. The number of nitrogens with zero attached hydrogens (tertiary/aromatic N) is 1. The van der Waals surface area contributed by atoms with E-state index in [9.17, 15) is 9.59 Å². The van der Waals surface area contributed by atoms with Gasteiger partial charge in [0, 0.05) is 37.9 Å². The van der Waals surface area contributed by atoms with Gasteiger partial charge in [0.15, 0.2) is 0 Å². The molecule has 2 rings (SSSR count). The van der Waals surface area contributed by atoms with Crippen molar-refractivity contribution in [3.63, 3.8) is 0 Å². The van der Waals surface area contributed by atoms with Crippen molar-refractivity contribution in [1.82, 2.24) is 5.32 Å². The first-order valence-corrected chi connectivity index (χ1v) is 8.33. The van der Waals surface area contributed by atoms with Crippen molar-refractivity contribution in [2.45, 2.75) is 20.4 Å². The van der Waals surface area contributed by atoms with Crippen molar-refractivity contribution in [2.75, 3.05) is 24.3 Å². The molecule has 0 radical (unpaired) electrons. The highest BCUT2D eigenvalue weighted by molar-refractivity contribution is 6.02. The van der Waals surface area contributed by atoms with Gasteiger partial charge in [-0.1, -0.05) is 44.2 Å². The van der Waals surface area contributed by atoms with Crippen LogP contribution in [0.25, 0.3) is 0 Å². The molecule has 0 spiro atoms. The van der Waals surface area contributed by atoms with Gasteiger partial charge in [0.05, 0.1) is 5.56 Å². The Morgan fingerprint density at radius 3 is 2.32 bits per heavy atom. The molecule has 5 nitrogen and oxygen atoms in total. The Morgan fingerprint density at radius 1 is 1.04 bits per heavy atom. The van der Waals surface area contributed by atoms with Crippen LogP contribution in [0.2, 0.25) is 0 Å². The number of nitrogens with one attached hydrogen (secondary N) is 2. The number of rotatable bonds is 6. The highest BCUT2D eigenvalue weighted by Gasteiger charge is 2.15. The molecule has 2 aromatic carbocycles. The van der Waals surface area contributed by atoms with E-state index in [4.69, 9.17) is 0 Å². The monoisotopic (exact) mass is 339 g/mol. The third-order valence-corrected chi connectivity index (χ3v) is 3.81. The Hall–Kier alpha value is -2.82. The number of hydrogen-bond acceptors (Lipinski definition) is 3. The number of amides is 2. The van der Waals surface area contributed by atoms with Crippen LogP contribution in [0, 0.1) is 5.92 Å². The fraction of sp³-hybridized carbons (Fsp3) is 0.300. The Labute approximate surface area is 149 Å². The summed E-state index contributed by atoms with van der Waals surface area (Å²) in [6.07, 6.45) is 0. The molecule has 0 aromatic heterocycles. The normalized spacial score (nSPS) is 10.4. The van der Waals surface area contributed by atoms with Crippen LogP contribution in [0.1, 0.15) is 29.8 Å². The zero-order valence-corrected chi connectivity index (χ0v) is 15.2. The Kier molecular flexibility index (Phi) is 6.17. The van der Waals surface area contributed by atoms with Crippen molar-refractivity contribution in [3.8, 4) is 0 Å². The molecule has 2 N–H and O–H groups in total. The molecule has 2 amide bonds. The summed E-state index contributed by atoms with van der Waals surface area (Å²) in [5.41, 5.74) is 2.98. The Morgan fingerprint density at radius 2 is 1.72 bits per heavy atom. The van der Waals surface area contributed by atoms with Crippen LogP contribution in [0.5, 0.6) is 0 Å². The lowest BCUT2D eigenvalue weighted by Crippen LogP contribution is -2.26. The number of benzene rings is 2. The molecule has 0 unspecified atom stereocenters. The van der Waals surface area contributed by atoms with E-state index in [1.54, 1.807) is 6.07 Å². The predicted octanol–water partition coefficient (Wildman–Crippen LogP) is 3.28. The largest absolute Gasteiger partial charge is 0.377 e. The van der Waals surface area contributed by atoms with E-state index in [1.807, 2.05) is 75.3 Å². The number of carbonyl (C=O) groups excluding carboxylic acids is 2. The lowest BCUT2D eigenvalue weighted by Gasteiger charge is -2.19. The summed E-state index contributed by atoms with van der Waals surface area (Å²) in [5, 5.41) is 5.77. The van der Waals surface area contributed by atoms with E-state index in [1.165, 1.54) is 0 Å². The maximum atomic E-state index is 12.7. The number of carbonyl (C=O) groups is 2. The van der Waals surface area contributed by atoms with Gasteiger partial charge in [-0.05, 0) is 23.8 Å². The Balaban J connectivity index is 2.20. The van der Waals surface area contributed by atoms with Gasteiger partial charge in [0.1, 0.15) is 0 Å². The molecule has 0 saturated carbocycles. The van der Waals surface area contributed by atoms with Gasteiger partial charge in [0.25, 0.3) is 5.91 Å². The average molecular weight is 339 g/mol. The van der Waals surface area contributed by atoms with Crippen LogP contribution in [0.15, 0.2) is 48.5 Å². The van der Waals surface area contributed by atoms with Gasteiger partial charge in [-0.25, -0.2) is 0 Å². The second-order valence-electron chi connectivity index (χ2n) is 6.44. The second-order valence-corrected chi connectivity index (χ2v) is 6.44. The zero-order valence-electron chi connectivity index (χ0n) is 15.2. The second kappa shape index (κ2) is 8.33. The van der Waals surface area contributed by atoms with Gasteiger partial charge in [0.2, 0.25) is 5.91 Å². The molecule has 0 aliphatic heterocycles. The molecular formula is C20H25N3O2. The maximum absolute atomic E-state index is 12.7. The topological polar surface area (TPSA) is 61.4 Å². The van der Waals surface area contributed by atoms with Crippen molar-refractivity contribution >= 4 is 23.2 Å². The molecule has 0 bridgehead atoms. The van der Waals surface area contributed by atoms with Gasteiger partial charge in [-0.3, -0.25) is 9.59 Å². The molecule has 0 fully saturated rings. The minimum Gasteiger partial charge on any atom is -0.377 e. The van der Waals surface area contributed by atoms with Crippen molar-refractivity contribution < 1.29 is 9.59 Å². The van der Waals surface area contributed by atoms with E-state index in [2.05, 4.69) is 10.6 Å². The summed E-state index contributed by atoms with van der Waals surface area (Å²) < 4.78 is 0. The molecule has 25 heavy (non-hydrogen) atoms. The minimum absolute atomic E-state index is 0.0757. The van der Waals surface area contributed by atoms with Crippen molar-refractivity contribution in [3.05, 3.63) is 59.7 Å². The van der Waals surface area contributed by atoms with Crippen LogP contribution >= 0.6 is 0 Å². The third kappa shape index (κ3) is 5.08. The molecule has 132 valence electrons. The van der Waals surface area contributed by atoms with E-state index in [-0.39, 0.29) is 17.7 Å². The number of anilines is 2. The lowest BCUT2D eigenvalue weighted by atomic mass is 10.1. The van der Waals surface area contributed by atoms with E-state index < -0.39 is 0 Å². The smallest absolute Gasteiger partial charge is 0.253 e. The van der Waals surface area contributed by atoms with Gasteiger partial charge >= 0.3 is 0 Å². The summed E-state index contributed by atoms with van der Waals surface area (Å²) in [6.45, 7) is 4.11. The summed E-state index contributed by atoms with van der Waals surface area (Å²) >= 11 is 0. The van der Waals surface area contributed by atoms with Crippen molar-refractivity contribution in [2.24, 2.45) is 5.92 Å². The molecule has 5 heteroatoms. The van der Waals surface area contributed by atoms with Gasteiger partial charge in [-0.2, -0.15) is 0 Å². The predicted molar refractivity (Wildman–Crippen MR) is 102 cm³/mol.